The number of carbonyl (C=O) groups is 1. The second kappa shape index (κ2) is 8.69. The van der Waals surface area contributed by atoms with Crippen LogP contribution >= 0.6 is 24.0 Å². The predicted molar refractivity (Wildman–Crippen MR) is 92.5 cm³/mol. The standard InChI is InChI=1S/C14H26N4O.HI/c1-3-13(19)18-8-7-12(10-18)17-14(15-4-2)16-9-11-5-6-11;/h11-12H,3-10H2,1-2H3,(H2,15,16,17);1H. The predicted octanol–water partition coefficient (Wildman–Crippen LogP) is 1.58. The van der Waals surface area contributed by atoms with Crippen LogP contribution in [0.3, 0.4) is 0 Å². The van der Waals surface area contributed by atoms with E-state index < -0.39 is 0 Å². The van der Waals surface area contributed by atoms with E-state index in [-0.39, 0.29) is 29.9 Å². The fourth-order valence-electron chi connectivity index (χ4n) is 2.36. The van der Waals surface area contributed by atoms with Crippen LogP contribution in [0.5, 0.6) is 0 Å². The van der Waals surface area contributed by atoms with E-state index in [2.05, 4.69) is 22.5 Å². The highest BCUT2D eigenvalue weighted by Crippen LogP contribution is 2.28. The number of halogens is 1. The minimum Gasteiger partial charge on any atom is -0.357 e. The van der Waals surface area contributed by atoms with E-state index in [9.17, 15) is 4.79 Å². The summed E-state index contributed by atoms with van der Waals surface area (Å²) in [7, 11) is 0. The molecule has 1 amide bonds. The van der Waals surface area contributed by atoms with Crippen molar-refractivity contribution in [2.75, 3.05) is 26.2 Å². The molecule has 2 rings (SSSR count). The minimum absolute atomic E-state index is 0. The Morgan fingerprint density at radius 1 is 1.30 bits per heavy atom. The molecule has 0 spiro atoms. The molecular formula is C14H27IN4O. The highest BCUT2D eigenvalue weighted by Gasteiger charge is 2.26. The van der Waals surface area contributed by atoms with Crippen molar-refractivity contribution in [2.24, 2.45) is 10.9 Å². The second-order valence-corrected chi connectivity index (χ2v) is 5.49. The van der Waals surface area contributed by atoms with Crippen LogP contribution in [0.15, 0.2) is 4.99 Å². The molecule has 1 aliphatic heterocycles. The topological polar surface area (TPSA) is 56.7 Å². The molecule has 0 radical (unpaired) electrons. The largest absolute Gasteiger partial charge is 0.357 e. The summed E-state index contributed by atoms with van der Waals surface area (Å²) in [5.41, 5.74) is 0. The van der Waals surface area contributed by atoms with Crippen LogP contribution < -0.4 is 10.6 Å². The third kappa shape index (κ3) is 5.46. The maximum atomic E-state index is 11.6. The zero-order chi connectivity index (χ0) is 13.7. The second-order valence-electron chi connectivity index (χ2n) is 5.49. The summed E-state index contributed by atoms with van der Waals surface area (Å²) in [6.45, 7) is 7.48. The maximum absolute atomic E-state index is 11.6. The van der Waals surface area contributed by atoms with Crippen LogP contribution in [0.1, 0.15) is 39.5 Å². The summed E-state index contributed by atoms with van der Waals surface area (Å²) < 4.78 is 0. The number of hydrogen-bond acceptors (Lipinski definition) is 2. The van der Waals surface area contributed by atoms with Crippen molar-refractivity contribution in [2.45, 2.75) is 45.6 Å². The Morgan fingerprint density at radius 3 is 2.65 bits per heavy atom. The van der Waals surface area contributed by atoms with Crippen molar-refractivity contribution in [3.63, 3.8) is 0 Å². The third-order valence-corrected chi connectivity index (χ3v) is 3.73. The van der Waals surface area contributed by atoms with Gasteiger partial charge in [-0.15, -0.1) is 24.0 Å². The van der Waals surface area contributed by atoms with Gasteiger partial charge in [0.1, 0.15) is 0 Å². The van der Waals surface area contributed by atoms with Gasteiger partial charge in [0, 0.05) is 38.6 Å². The van der Waals surface area contributed by atoms with Crippen LogP contribution in [-0.4, -0.2) is 49.0 Å². The molecule has 20 heavy (non-hydrogen) atoms. The normalized spacial score (nSPS) is 22.4. The van der Waals surface area contributed by atoms with Crippen molar-refractivity contribution in [1.82, 2.24) is 15.5 Å². The van der Waals surface area contributed by atoms with Gasteiger partial charge in [-0.3, -0.25) is 9.79 Å². The van der Waals surface area contributed by atoms with Gasteiger partial charge < -0.3 is 15.5 Å². The van der Waals surface area contributed by atoms with E-state index >= 15 is 0 Å². The fourth-order valence-corrected chi connectivity index (χ4v) is 2.36. The molecule has 2 aliphatic rings. The van der Waals surface area contributed by atoms with E-state index in [4.69, 9.17) is 0 Å². The zero-order valence-corrected chi connectivity index (χ0v) is 14.9. The molecule has 2 fully saturated rings. The molecule has 1 saturated heterocycles. The summed E-state index contributed by atoms with van der Waals surface area (Å²) in [4.78, 5) is 18.2. The van der Waals surface area contributed by atoms with Crippen LogP contribution in [0, 0.1) is 5.92 Å². The lowest BCUT2D eigenvalue weighted by atomic mass is 10.3. The Hall–Kier alpha value is -0.530. The van der Waals surface area contributed by atoms with Gasteiger partial charge >= 0.3 is 0 Å². The lowest BCUT2D eigenvalue weighted by Gasteiger charge is -2.18. The number of carbonyl (C=O) groups excluding carboxylic acids is 1. The molecule has 1 unspecified atom stereocenters. The first-order chi connectivity index (χ1) is 9.22. The van der Waals surface area contributed by atoms with Gasteiger partial charge in [0.2, 0.25) is 5.91 Å². The summed E-state index contributed by atoms with van der Waals surface area (Å²) in [5.74, 6) is 1.96. The van der Waals surface area contributed by atoms with E-state index in [0.717, 1.165) is 44.5 Å². The quantitative estimate of drug-likeness (QED) is 0.423. The van der Waals surface area contributed by atoms with Crippen molar-refractivity contribution in [3.05, 3.63) is 0 Å². The number of hydrogen-bond donors (Lipinski definition) is 2. The number of rotatable bonds is 5. The number of likely N-dealkylation sites (tertiary alicyclic amines) is 1. The van der Waals surface area contributed by atoms with Crippen molar-refractivity contribution in [1.29, 1.82) is 0 Å². The molecule has 6 heteroatoms. The van der Waals surface area contributed by atoms with Crippen molar-refractivity contribution in [3.8, 4) is 0 Å². The van der Waals surface area contributed by atoms with Gasteiger partial charge in [-0.2, -0.15) is 0 Å². The Balaban J connectivity index is 0.00000200. The molecule has 1 saturated carbocycles. The molecule has 0 aromatic carbocycles. The molecule has 5 nitrogen and oxygen atoms in total. The van der Waals surface area contributed by atoms with Gasteiger partial charge in [-0.05, 0) is 32.1 Å². The van der Waals surface area contributed by atoms with Gasteiger partial charge in [0.25, 0.3) is 0 Å². The highest BCUT2D eigenvalue weighted by atomic mass is 127. The number of aliphatic imine (C=N–C) groups is 1. The van der Waals surface area contributed by atoms with Gasteiger partial charge in [0.15, 0.2) is 5.96 Å². The van der Waals surface area contributed by atoms with Crippen molar-refractivity contribution < 1.29 is 4.79 Å². The number of nitrogens with one attached hydrogen (secondary N) is 2. The molecule has 0 aromatic rings. The molecular weight excluding hydrogens is 367 g/mol. The maximum Gasteiger partial charge on any atom is 0.222 e. The summed E-state index contributed by atoms with van der Waals surface area (Å²) in [6, 6.07) is 0.340. The lowest BCUT2D eigenvalue weighted by Crippen LogP contribution is -2.45. The Bertz CT molecular complexity index is 344. The van der Waals surface area contributed by atoms with Gasteiger partial charge in [-0.25, -0.2) is 0 Å². The van der Waals surface area contributed by atoms with Crippen LogP contribution in [0.25, 0.3) is 0 Å². The highest BCUT2D eigenvalue weighted by molar-refractivity contribution is 14.0. The first-order valence-electron chi connectivity index (χ1n) is 7.55. The Kier molecular flexibility index (Phi) is 7.61. The number of nitrogens with zero attached hydrogens (tertiary/aromatic N) is 2. The van der Waals surface area contributed by atoms with Gasteiger partial charge in [0.05, 0.1) is 0 Å². The molecule has 2 N–H and O–H groups in total. The Morgan fingerprint density at radius 2 is 2.05 bits per heavy atom. The first kappa shape index (κ1) is 17.5. The number of amides is 1. The average molecular weight is 394 g/mol. The minimum atomic E-state index is 0. The van der Waals surface area contributed by atoms with E-state index in [1.165, 1.54) is 12.8 Å². The fraction of sp³-hybridized carbons (Fsp3) is 0.857. The molecule has 1 aliphatic carbocycles. The molecule has 0 bridgehead atoms. The van der Waals surface area contributed by atoms with Crippen LogP contribution in [0.2, 0.25) is 0 Å². The van der Waals surface area contributed by atoms with Crippen LogP contribution in [-0.2, 0) is 4.79 Å². The van der Waals surface area contributed by atoms with E-state index in [1.54, 1.807) is 0 Å². The van der Waals surface area contributed by atoms with Crippen molar-refractivity contribution >= 4 is 35.8 Å². The van der Waals surface area contributed by atoms with Crippen LogP contribution in [0.4, 0.5) is 0 Å². The monoisotopic (exact) mass is 394 g/mol. The van der Waals surface area contributed by atoms with E-state index in [1.807, 2.05) is 11.8 Å². The summed E-state index contributed by atoms with van der Waals surface area (Å²) in [6.07, 6.45) is 4.26. The molecule has 116 valence electrons. The molecule has 1 heterocycles. The van der Waals surface area contributed by atoms with Gasteiger partial charge in [-0.1, -0.05) is 6.92 Å². The lowest BCUT2D eigenvalue weighted by molar-refractivity contribution is -0.129. The zero-order valence-electron chi connectivity index (χ0n) is 12.5. The molecule has 0 aromatic heterocycles. The first-order valence-corrected chi connectivity index (χ1v) is 7.55. The number of guanidine groups is 1. The third-order valence-electron chi connectivity index (χ3n) is 3.73. The Labute approximate surface area is 139 Å². The average Bonchev–Trinajstić information content (AvgIpc) is 3.13. The summed E-state index contributed by atoms with van der Waals surface area (Å²) in [5, 5.41) is 6.74. The smallest absolute Gasteiger partial charge is 0.222 e. The van der Waals surface area contributed by atoms with E-state index in [0.29, 0.717) is 12.5 Å². The molecule has 1 atom stereocenters. The SMILES string of the molecule is CCNC(=NCC1CC1)NC1CCN(C(=O)CC)C1.I. The summed E-state index contributed by atoms with van der Waals surface area (Å²) >= 11 is 0.